The van der Waals surface area contributed by atoms with E-state index in [9.17, 15) is 0 Å². The lowest BCUT2D eigenvalue weighted by molar-refractivity contribution is 0.313. The molecule has 0 aliphatic carbocycles. The highest BCUT2D eigenvalue weighted by Crippen LogP contribution is 2.36. The maximum absolute atomic E-state index is 3.71. The predicted molar refractivity (Wildman–Crippen MR) is 90.6 cm³/mol. The summed E-state index contributed by atoms with van der Waals surface area (Å²) >= 11 is 0. The molecule has 0 amide bonds. The van der Waals surface area contributed by atoms with Crippen molar-refractivity contribution in [2.75, 3.05) is 6.54 Å². The van der Waals surface area contributed by atoms with Gasteiger partial charge in [-0.3, -0.25) is 0 Å². The highest BCUT2D eigenvalue weighted by molar-refractivity contribution is 5.50. The Labute approximate surface area is 126 Å². The second-order valence-corrected chi connectivity index (χ2v) is 7.41. The van der Waals surface area contributed by atoms with E-state index in [1.807, 2.05) is 0 Å². The van der Waals surface area contributed by atoms with E-state index in [0.717, 1.165) is 6.54 Å². The minimum atomic E-state index is 0.332. The fraction of sp³-hybridized carbons (Fsp3) is 0.684. The van der Waals surface area contributed by atoms with E-state index in [2.05, 4.69) is 67.6 Å². The van der Waals surface area contributed by atoms with Crippen molar-refractivity contribution in [3.8, 4) is 0 Å². The number of hydrogen-bond donors (Lipinski definition) is 1. The zero-order valence-corrected chi connectivity index (χ0v) is 15.0. The average Bonchev–Trinajstić information content (AvgIpc) is 2.32. The van der Waals surface area contributed by atoms with Crippen molar-refractivity contribution in [1.82, 2.24) is 5.32 Å². The predicted octanol–water partition coefficient (Wildman–Crippen LogP) is 5.32. The van der Waals surface area contributed by atoms with Crippen LogP contribution < -0.4 is 5.32 Å². The molecule has 1 aromatic rings. The van der Waals surface area contributed by atoms with Gasteiger partial charge in [-0.2, -0.15) is 0 Å². The molecule has 1 nitrogen and oxygen atoms in total. The second-order valence-electron chi connectivity index (χ2n) is 7.41. The summed E-state index contributed by atoms with van der Waals surface area (Å²) in [4.78, 5) is 0. The van der Waals surface area contributed by atoms with E-state index in [0.29, 0.717) is 11.5 Å². The highest BCUT2D eigenvalue weighted by atomic mass is 14.9. The summed E-state index contributed by atoms with van der Waals surface area (Å²) in [5, 5.41) is 3.71. The van der Waals surface area contributed by atoms with Crippen LogP contribution in [0.2, 0.25) is 0 Å². The van der Waals surface area contributed by atoms with Gasteiger partial charge in [-0.25, -0.2) is 0 Å². The maximum atomic E-state index is 3.71. The molecule has 0 aliphatic rings. The molecule has 1 aromatic carbocycles. The molecule has 20 heavy (non-hydrogen) atoms. The molecule has 0 bridgehead atoms. The fourth-order valence-electron chi connectivity index (χ4n) is 3.19. The van der Waals surface area contributed by atoms with Crippen molar-refractivity contribution in [1.29, 1.82) is 0 Å². The van der Waals surface area contributed by atoms with Gasteiger partial charge in [0.2, 0.25) is 0 Å². The van der Waals surface area contributed by atoms with Crippen LogP contribution in [0.3, 0.4) is 0 Å². The lowest BCUT2D eigenvalue weighted by Crippen LogP contribution is -2.27. The third-order valence-corrected chi connectivity index (χ3v) is 4.67. The minimum Gasteiger partial charge on any atom is -0.310 e. The van der Waals surface area contributed by atoms with Crippen molar-refractivity contribution in [2.45, 2.75) is 74.8 Å². The molecule has 0 aliphatic heterocycles. The molecular formula is C19H33N. The van der Waals surface area contributed by atoms with E-state index >= 15 is 0 Å². The van der Waals surface area contributed by atoms with Crippen molar-refractivity contribution in [3.05, 3.63) is 33.4 Å². The molecule has 0 aromatic heterocycles. The summed E-state index contributed by atoms with van der Waals surface area (Å²) in [5.74, 6) is 0. The van der Waals surface area contributed by atoms with E-state index in [1.165, 1.54) is 39.8 Å². The molecule has 1 heteroatoms. The Morgan fingerprint density at radius 1 is 0.800 bits per heavy atom. The van der Waals surface area contributed by atoms with E-state index in [1.54, 1.807) is 0 Å². The summed E-state index contributed by atoms with van der Waals surface area (Å²) < 4.78 is 0. The lowest BCUT2D eigenvalue weighted by Gasteiger charge is -2.31. The van der Waals surface area contributed by atoms with E-state index in [4.69, 9.17) is 0 Å². The molecular weight excluding hydrogens is 242 g/mol. The molecule has 0 radical (unpaired) electrons. The normalized spacial score (nSPS) is 13.7. The Morgan fingerprint density at radius 3 is 1.55 bits per heavy atom. The molecule has 0 fully saturated rings. The van der Waals surface area contributed by atoms with Crippen LogP contribution in [0, 0.1) is 40.0 Å². The number of nitrogens with one attached hydrogen (secondary N) is 1. The van der Waals surface area contributed by atoms with Crippen LogP contribution in [-0.2, 0) is 0 Å². The van der Waals surface area contributed by atoms with Gasteiger partial charge in [0, 0.05) is 6.04 Å². The van der Waals surface area contributed by atoms with Gasteiger partial charge in [-0.1, -0.05) is 27.7 Å². The number of benzene rings is 1. The number of rotatable bonds is 4. The van der Waals surface area contributed by atoms with Gasteiger partial charge < -0.3 is 5.32 Å². The van der Waals surface area contributed by atoms with Crippen molar-refractivity contribution >= 4 is 0 Å². The maximum Gasteiger partial charge on any atom is 0.0330 e. The van der Waals surface area contributed by atoms with Crippen molar-refractivity contribution in [3.63, 3.8) is 0 Å². The van der Waals surface area contributed by atoms with Gasteiger partial charge in [0.1, 0.15) is 0 Å². The van der Waals surface area contributed by atoms with Crippen molar-refractivity contribution in [2.24, 2.45) is 5.41 Å². The van der Waals surface area contributed by atoms with Crippen LogP contribution in [0.4, 0.5) is 0 Å². The molecule has 0 spiro atoms. The first-order chi connectivity index (χ1) is 9.10. The van der Waals surface area contributed by atoms with Gasteiger partial charge in [0.25, 0.3) is 0 Å². The first-order valence-corrected chi connectivity index (χ1v) is 7.90. The van der Waals surface area contributed by atoms with Gasteiger partial charge >= 0.3 is 0 Å². The van der Waals surface area contributed by atoms with Gasteiger partial charge in [-0.05, 0) is 86.4 Å². The first-order valence-electron chi connectivity index (χ1n) is 7.90. The molecule has 1 rings (SSSR count). The minimum absolute atomic E-state index is 0.332. The highest BCUT2D eigenvalue weighted by Gasteiger charge is 2.24. The zero-order chi connectivity index (χ0) is 15.7. The average molecular weight is 275 g/mol. The SMILES string of the molecule is CCNC(CC(C)(C)C)c1c(C)c(C)c(C)c(C)c1C. The Morgan fingerprint density at radius 2 is 1.20 bits per heavy atom. The van der Waals surface area contributed by atoms with Crippen LogP contribution in [0.25, 0.3) is 0 Å². The van der Waals surface area contributed by atoms with E-state index < -0.39 is 0 Å². The second kappa shape index (κ2) is 6.30. The largest absolute Gasteiger partial charge is 0.310 e. The zero-order valence-electron chi connectivity index (χ0n) is 15.0. The summed E-state index contributed by atoms with van der Waals surface area (Å²) in [5.41, 5.74) is 9.18. The van der Waals surface area contributed by atoms with Gasteiger partial charge in [0.15, 0.2) is 0 Å². The van der Waals surface area contributed by atoms with Crippen molar-refractivity contribution < 1.29 is 0 Å². The van der Waals surface area contributed by atoms with Crippen LogP contribution in [0.15, 0.2) is 0 Å². The molecule has 0 heterocycles. The quantitative estimate of drug-likeness (QED) is 0.784. The number of hydrogen-bond acceptors (Lipinski definition) is 1. The Kier molecular flexibility index (Phi) is 5.43. The summed E-state index contributed by atoms with van der Waals surface area (Å²) in [6.07, 6.45) is 1.17. The monoisotopic (exact) mass is 275 g/mol. The van der Waals surface area contributed by atoms with Gasteiger partial charge in [0.05, 0.1) is 0 Å². The van der Waals surface area contributed by atoms with E-state index in [-0.39, 0.29) is 0 Å². The third-order valence-electron chi connectivity index (χ3n) is 4.67. The topological polar surface area (TPSA) is 12.0 Å². The molecule has 1 unspecified atom stereocenters. The fourth-order valence-corrected chi connectivity index (χ4v) is 3.19. The van der Waals surface area contributed by atoms with Crippen LogP contribution in [0.5, 0.6) is 0 Å². The summed E-state index contributed by atoms with van der Waals surface area (Å²) in [7, 11) is 0. The Balaban J connectivity index is 3.40. The van der Waals surface area contributed by atoms with Crippen LogP contribution in [-0.4, -0.2) is 6.54 Å². The Bertz CT molecular complexity index is 449. The standard InChI is InChI=1S/C19H33N/c1-10-20-17(11-19(7,8)9)18-15(5)13(3)12(2)14(4)16(18)6/h17,20H,10-11H2,1-9H3. The summed E-state index contributed by atoms with van der Waals surface area (Å²) in [6, 6.07) is 0.456. The van der Waals surface area contributed by atoms with Crippen LogP contribution >= 0.6 is 0 Å². The molecule has 114 valence electrons. The van der Waals surface area contributed by atoms with Crippen LogP contribution in [0.1, 0.15) is 73.5 Å². The summed E-state index contributed by atoms with van der Waals surface area (Å²) in [6.45, 7) is 21.6. The molecule has 0 saturated carbocycles. The first kappa shape index (κ1) is 17.2. The smallest absolute Gasteiger partial charge is 0.0330 e. The van der Waals surface area contributed by atoms with Gasteiger partial charge in [-0.15, -0.1) is 0 Å². The molecule has 1 atom stereocenters. The lowest BCUT2D eigenvalue weighted by atomic mass is 9.80. The Hall–Kier alpha value is -0.820. The molecule has 1 N–H and O–H groups in total. The third kappa shape index (κ3) is 3.63. The molecule has 0 saturated heterocycles.